The quantitative estimate of drug-likeness (QED) is 0.658. The van der Waals surface area contributed by atoms with E-state index in [9.17, 15) is 0 Å². The van der Waals surface area contributed by atoms with Crippen LogP contribution in [-0.4, -0.2) is 16.7 Å². The SMILES string of the molecule is COc1ccc2c(c1)[nH]c(=S)n2C(C)c1cccc(Br)c1. The van der Waals surface area contributed by atoms with E-state index in [0.717, 1.165) is 21.3 Å². The summed E-state index contributed by atoms with van der Waals surface area (Å²) in [7, 11) is 1.66. The van der Waals surface area contributed by atoms with E-state index >= 15 is 0 Å². The highest BCUT2D eigenvalue weighted by Crippen LogP contribution is 2.28. The number of hydrogen-bond acceptors (Lipinski definition) is 2. The Morgan fingerprint density at radius 1 is 1.24 bits per heavy atom. The summed E-state index contributed by atoms with van der Waals surface area (Å²) in [5.41, 5.74) is 3.27. The zero-order valence-electron chi connectivity index (χ0n) is 11.8. The van der Waals surface area contributed by atoms with Gasteiger partial charge in [-0.25, -0.2) is 0 Å². The van der Waals surface area contributed by atoms with Crippen molar-refractivity contribution in [3.05, 3.63) is 57.3 Å². The summed E-state index contributed by atoms with van der Waals surface area (Å²) in [4.78, 5) is 3.25. The number of nitrogens with zero attached hydrogens (tertiary/aromatic N) is 1. The largest absolute Gasteiger partial charge is 0.497 e. The van der Waals surface area contributed by atoms with Crippen LogP contribution < -0.4 is 4.74 Å². The van der Waals surface area contributed by atoms with Crippen LogP contribution in [-0.2, 0) is 0 Å². The molecule has 0 aliphatic heterocycles. The molecule has 3 nitrogen and oxygen atoms in total. The van der Waals surface area contributed by atoms with Gasteiger partial charge in [0, 0.05) is 10.5 Å². The van der Waals surface area contributed by atoms with Crippen LogP contribution in [0.4, 0.5) is 0 Å². The lowest BCUT2D eigenvalue weighted by Gasteiger charge is -2.15. The van der Waals surface area contributed by atoms with Crippen molar-refractivity contribution in [1.29, 1.82) is 0 Å². The Morgan fingerprint density at radius 3 is 2.76 bits per heavy atom. The number of fused-ring (bicyclic) bond motifs is 1. The number of aromatic nitrogens is 2. The molecule has 5 heteroatoms. The molecule has 0 bridgehead atoms. The first kappa shape index (κ1) is 14.4. The number of halogens is 1. The standard InChI is InChI=1S/C16H15BrN2OS/c1-10(11-4-3-5-12(17)8-11)19-15-7-6-13(20-2)9-14(15)18-16(19)21/h3-10H,1-2H3,(H,18,21). The molecule has 3 aromatic rings. The zero-order valence-corrected chi connectivity index (χ0v) is 14.2. The third-order valence-electron chi connectivity index (χ3n) is 3.64. The minimum Gasteiger partial charge on any atom is -0.497 e. The number of rotatable bonds is 3. The van der Waals surface area contributed by atoms with Crippen LogP contribution in [0.3, 0.4) is 0 Å². The second-order valence-electron chi connectivity index (χ2n) is 4.91. The highest BCUT2D eigenvalue weighted by atomic mass is 79.9. The average Bonchev–Trinajstić information content (AvgIpc) is 2.81. The Morgan fingerprint density at radius 2 is 2.05 bits per heavy atom. The Balaban J connectivity index is 2.15. The smallest absolute Gasteiger partial charge is 0.178 e. The molecule has 108 valence electrons. The Labute approximate surface area is 136 Å². The van der Waals surface area contributed by atoms with Crippen LogP contribution >= 0.6 is 28.1 Å². The molecule has 0 amide bonds. The monoisotopic (exact) mass is 362 g/mol. The first-order valence-corrected chi connectivity index (χ1v) is 7.84. The van der Waals surface area contributed by atoms with E-state index in [1.807, 2.05) is 30.3 Å². The minimum absolute atomic E-state index is 0.150. The maximum atomic E-state index is 5.50. The Bertz CT molecular complexity index is 853. The average molecular weight is 363 g/mol. The van der Waals surface area contributed by atoms with E-state index in [1.54, 1.807) is 7.11 Å². The van der Waals surface area contributed by atoms with Gasteiger partial charge in [0.2, 0.25) is 0 Å². The normalized spacial score (nSPS) is 12.5. The molecule has 0 aliphatic carbocycles. The van der Waals surface area contributed by atoms with Crippen molar-refractivity contribution in [1.82, 2.24) is 9.55 Å². The van der Waals surface area contributed by atoms with Crippen molar-refractivity contribution in [3.63, 3.8) is 0 Å². The molecular weight excluding hydrogens is 348 g/mol. The first-order chi connectivity index (χ1) is 10.1. The lowest BCUT2D eigenvalue weighted by molar-refractivity contribution is 0.415. The second kappa shape index (κ2) is 5.66. The van der Waals surface area contributed by atoms with Crippen molar-refractivity contribution in [2.75, 3.05) is 7.11 Å². The lowest BCUT2D eigenvalue weighted by atomic mass is 10.1. The third kappa shape index (κ3) is 2.63. The van der Waals surface area contributed by atoms with Gasteiger partial charge in [-0.05, 0) is 49.0 Å². The molecular formula is C16H15BrN2OS. The summed E-state index contributed by atoms with van der Waals surface area (Å²) in [6, 6.07) is 14.4. The van der Waals surface area contributed by atoms with Gasteiger partial charge in [0.15, 0.2) is 4.77 Å². The van der Waals surface area contributed by atoms with Crippen molar-refractivity contribution in [2.24, 2.45) is 0 Å². The van der Waals surface area contributed by atoms with Crippen LogP contribution in [0.1, 0.15) is 18.5 Å². The fourth-order valence-corrected chi connectivity index (χ4v) is 3.32. The molecule has 2 aromatic carbocycles. The number of aromatic amines is 1. The highest BCUT2D eigenvalue weighted by Gasteiger charge is 2.13. The summed E-state index contributed by atoms with van der Waals surface area (Å²) in [6.07, 6.45) is 0. The molecule has 21 heavy (non-hydrogen) atoms. The van der Waals surface area contributed by atoms with Crippen LogP contribution in [0, 0.1) is 4.77 Å². The Kier molecular flexibility index (Phi) is 3.87. The van der Waals surface area contributed by atoms with E-state index in [2.05, 4.69) is 44.5 Å². The molecule has 0 spiro atoms. The number of benzene rings is 2. The van der Waals surface area contributed by atoms with Gasteiger partial charge in [-0.15, -0.1) is 0 Å². The van der Waals surface area contributed by atoms with Crippen LogP contribution in [0.2, 0.25) is 0 Å². The molecule has 1 aromatic heterocycles. The predicted molar refractivity (Wildman–Crippen MR) is 91.6 cm³/mol. The van der Waals surface area contributed by atoms with Crippen molar-refractivity contribution < 1.29 is 4.74 Å². The van der Waals surface area contributed by atoms with Gasteiger partial charge < -0.3 is 14.3 Å². The van der Waals surface area contributed by atoms with Gasteiger partial charge in [-0.2, -0.15) is 0 Å². The third-order valence-corrected chi connectivity index (χ3v) is 4.43. The summed E-state index contributed by atoms with van der Waals surface area (Å²) in [5, 5.41) is 0. The molecule has 0 fully saturated rings. The highest BCUT2D eigenvalue weighted by molar-refractivity contribution is 9.10. The van der Waals surface area contributed by atoms with E-state index < -0.39 is 0 Å². The number of methoxy groups -OCH3 is 1. The molecule has 1 unspecified atom stereocenters. The molecule has 0 aliphatic rings. The van der Waals surface area contributed by atoms with Gasteiger partial charge >= 0.3 is 0 Å². The van der Waals surface area contributed by atoms with Crippen LogP contribution in [0.25, 0.3) is 11.0 Å². The predicted octanol–water partition coefficient (Wildman–Crippen LogP) is 5.08. The van der Waals surface area contributed by atoms with E-state index in [-0.39, 0.29) is 6.04 Å². The number of H-pyrrole nitrogens is 1. The fraction of sp³-hybridized carbons (Fsp3) is 0.188. The van der Waals surface area contributed by atoms with Crippen molar-refractivity contribution in [2.45, 2.75) is 13.0 Å². The minimum atomic E-state index is 0.150. The number of hydrogen-bond donors (Lipinski definition) is 1. The number of imidazole rings is 1. The maximum Gasteiger partial charge on any atom is 0.178 e. The van der Waals surface area contributed by atoms with Crippen LogP contribution in [0.5, 0.6) is 5.75 Å². The van der Waals surface area contributed by atoms with Crippen molar-refractivity contribution in [3.8, 4) is 5.75 Å². The van der Waals surface area contributed by atoms with Gasteiger partial charge in [0.05, 0.1) is 24.2 Å². The summed E-state index contributed by atoms with van der Waals surface area (Å²) in [5.74, 6) is 0.820. The summed E-state index contributed by atoms with van der Waals surface area (Å²) in [6.45, 7) is 2.15. The molecule has 1 atom stereocenters. The van der Waals surface area contributed by atoms with Gasteiger partial charge in [-0.3, -0.25) is 0 Å². The molecule has 0 saturated carbocycles. The molecule has 3 rings (SSSR count). The fourth-order valence-electron chi connectivity index (χ4n) is 2.54. The van der Waals surface area contributed by atoms with Crippen LogP contribution in [0.15, 0.2) is 46.9 Å². The maximum absolute atomic E-state index is 5.50. The number of ether oxygens (including phenoxy) is 1. The van der Waals surface area contributed by atoms with E-state index in [1.165, 1.54) is 5.56 Å². The molecule has 1 heterocycles. The second-order valence-corrected chi connectivity index (χ2v) is 6.22. The van der Waals surface area contributed by atoms with Gasteiger partial charge in [-0.1, -0.05) is 28.1 Å². The topological polar surface area (TPSA) is 29.9 Å². The summed E-state index contributed by atoms with van der Waals surface area (Å²) < 4.78 is 9.18. The van der Waals surface area contributed by atoms with Crippen molar-refractivity contribution >= 4 is 39.2 Å². The Hall–Kier alpha value is -1.59. The molecule has 0 saturated heterocycles. The van der Waals surface area contributed by atoms with Gasteiger partial charge in [0.1, 0.15) is 5.75 Å². The zero-order chi connectivity index (χ0) is 15.0. The van der Waals surface area contributed by atoms with Gasteiger partial charge in [0.25, 0.3) is 0 Å². The lowest BCUT2D eigenvalue weighted by Crippen LogP contribution is -2.06. The molecule has 1 N–H and O–H groups in total. The number of nitrogens with one attached hydrogen (secondary N) is 1. The summed E-state index contributed by atoms with van der Waals surface area (Å²) >= 11 is 9.02. The molecule has 0 radical (unpaired) electrons. The van der Waals surface area contributed by atoms with E-state index in [4.69, 9.17) is 17.0 Å². The van der Waals surface area contributed by atoms with E-state index in [0.29, 0.717) is 4.77 Å². The first-order valence-electron chi connectivity index (χ1n) is 6.64.